The van der Waals surface area contributed by atoms with E-state index in [2.05, 4.69) is 0 Å². The van der Waals surface area contributed by atoms with Crippen LogP contribution in [-0.2, 0) is 11.2 Å². The third kappa shape index (κ3) is 6.89. The lowest BCUT2D eigenvalue weighted by Gasteiger charge is -2.39. The molecule has 2 aliphatic rings. The molecule has 4 heterocycles. The average Bonchev–Trinajstić information content (AvgIpc) is 3.22. The van der Waals surface area contributed by atoms with Crippen LogP contribution in [0.3, 0.4) is 0 Å². The summed E-state index contributed by atoms with van der Waals surface area (Å²) in [5.41, 5.74) is 0.0803. The summed E-state index contributed by atoms with van der Waals surface area (Å²) in [6, 6.07) is 11.5. The molecule has 8 rings (SSSR count). The highest BCUT2D eigenvalue weighted by atomic mass is 16.7. The van der Waals surface area contributed by atoms with Crippen LogP contribution in [0.25, 0.3) is 45.4 Å². The van der Waals surface area contributed by atoms with Crippen LogP contribution in [0.15, 0.2) is 68.2 Å². The molecule has 10 N–H and O–H groups in total. The molecule has 0 radical (unpaired) electrons. The van der Waals surface area contributed by atoms with Crippen LogP contribution in [0.1, 0.15) is 28.6 Å². The fraction of sp³-hybridized carbons (Fsp3) is 0.262. The van der Waals surface area contributed by atoms with Gasteiger partial charge in [-0.15, -0.1) is 0 Å². The van der Waals surface area contributed by atoms with Crippen molar-refractivity contribution < 1.29 is 83.6 Å². The number of fused-ring (bicyclic) bond motifs is 1. The highest BCUT2D eigenvalue weighted by Crippen LogP contribution is 2.49. The number of aliphatic hydroxyl groups is 5. The van der Waals surface area contributed by atoms with Gasteiger partial charge in [-0.1, -0.05) is 6.07 Å². The molecule has 0 unspecified atom stereocenters. The first kappa shape index (κ1) is 40.1. The number of aliphatic hydroxyl groups excluding tert-OH is 5. The molecular weight excluding hydrogens is 792 g/mol. The SMILES string of the molecule is COc1cc(-c2oc3cc(=O)cc4oc(C=Cc5c(O)cc(O)c6c5O[C@H](c5ccc(O)c(O)c5)[C@@H](O)C6)cc(c2O[C@@H]2O[C@H](CO)[C@@H](O)[C@H](O)[C@H]2O)c43)cc(OC)c1O. The molecule has 0 bridgehead atoms. The summed E-state index contributed by atoms with van der Waals surface area (Å²) in [7, 11) is 2.60. The Labute approximate surface area is 337 Å². The lowest BCUT2D eigenvalue weighted by atomic mass is 9.92. The van der Waals surface area contributed by atoms with Gasteiger partial charge in [0.05, 0.1) is 37.9 Å². The molecule has 18 heteroatoms. The van der Waals surface area contributed by atoms with Gasteiger partial charge in [0.15, 0.2) is 39.9 Å². The first-order valence-electron chi connectivity index (χ1n) is 18.3. The summed E-state index contributed by atoms with van der Waals surface area (Å²) in [6.07, 6.45) is -8.18. The van der Waals surface area contributed by atoms with Crippen LogP contribution >= 0.6 is 0 Å². The van der Waals surface area contributed by atoms with Crippen LogP contribution in [0, 0.1) is 0 Å². The highest BCUT2D eigenvalue weighted by Gasteiger charge is 2.45. The molecule has 2 aromatic heterocycles. The normalized spacial score (nSPS) is 22.8. The van der Waals surface area contributed by atoms with E-state index in [1.165, 1.54) is 74.9 Å². The van der Waals surface area contributed by atoms with Crippen LogP contribution in [0.4, 0.5) is 0 Å². The van der Waals surface area contributed by atoms with Gasteiger partial charge in [-0.05, 0) is 48.0 Å². The minimum absolute atomic E-state index is 0.00236. The lowest BCUT2D eigenvalue weighted by Crippen LogP contribution is -2.60. The monoisotopic (exact) mass is 830 g/mol. The molecule has 0 aliphatic carbocycles. The Morgan fingerprint density at radius 2 is 1.47 bits per heavy atom. The molecule has 18 nitrogen and oxygen atoms in total. The van der Waals surface area contributed by atoms with E-state index in [-0.39, 0.29) is 96.6 Å². The summed E-state index contributed by atoms with van der Waals surface area (Å²) in [5, 5.41) is 106. The van der Waals surface area contributed by atoms with E-state index >= 15 is 0 Å². The minimum atomic E-state index is -1.87. The predicted octanol–water partition coefficient (Wildman–Crippen LogP) is 3.14. The third-order valence-electron chi connectivity index (χ3n) is 10.4. The summed E-state index contributed by atoms with van der Waals surface area (Å²) >= 11 is 0. The first-order valence-corrected chi connectivity index (χ1v) is 18.3. The Bertz CT molecular complexity index is 2690. The minimum Gasteiger partial charge on any atom is -0.507 e. The fourth-order valence-corrected chi connectivity index (χ4v) is 7.39. The van der Waals surface area contributed by atoms with Gasteiger partial charge in [0.2, 0.25) is 12.0 Å². The molecule has 0 amide bonds. The molecule has 1 fully saturated rings. The number of phenolic OH excluding ortho intramolecular Hbond substituents is 5. The zero-order chi connectivity index (χ0) is 42.7. The van der Waals surface area contributed by atoms with E-state index in [1.807, 2.05) is 0 Å². The standard InChI is InChI=1S/C42H38O18/c1-54-30-8-17(9-31(55-2)34(30)50)39-41(60-42-37(53)36(52)35(51)32(15-43)58-42)22-12-19(56-28-10-18(44)11-29(57-39)33(22)28)4-5-20-24(46)14-25(47)21-13-27(49)38(59-40(20)21)16-3-6-23(45)26(48)7-16/h3-12,14,27,32,35-38,42-43,45-53H,13,15H2,1-2H3/t27-,32+,35+,36-,37+,38+,42-/m0/s1. The molecule has 1 saturated heterocycles. The van der Waals surface area contributed by atoms with Crippen LogP contribution in [0.2, 0.25) is 0 Å². The van der Waals surface area contributed by atoms with E-state index in [9.17, 15) is 55.9 Å². The number of rotatable bonds is 9. The Kier molecular flexibility index (Phi) is 10.4. The molecule has 6 aromatic rings. The Morgan fingerprint density at radius 1 is 0.767 bits per heavy atom. The van der Waals surface area contributed by atoms with Crippen LogP contribution in [0.5, 0.6) is 51.7 Å². The van der Waals surface area contributed by atoms with E-state index in [4.69, 9.17) is 32.5 Å². The molecular formula is C42H38O18. The Hall–Kier alpha value is -6.67. The van der Waals surface area contributed by atoms with E-state index in [1.54, 1.807) is 0 Å². The van der Waals surface area contributed by atoms with E-state index < -0.39 is 72.2 Å². The van der Waals surface area contributed by atoms with Gasteiger partial charge in [-0.2, -0.15) is 0 Å². The number of hydrogen-bond acceptors (Lipinski definition) is 18. The summed E-state index contributed by atoms with van der Waals surface area (Å²) in [5.74, 6) is -2.42. The van der Waals surface area contributed by atoms with Crippen molar-refractivity contribution in [1.82, 2.24) is 0 Å². The summed E-state index contributed by atoms with van der Waals surface area (Å²) < 4.78 is 41.3. The third-order valence-corrected chi connectivity index (χ3v) is 10.4. The first-order chi connectivity index (χ1) is 28.7. The summed E-state index contributed by atoms with van der Waals surface area (Å²) in [4.78, 5) is 13.1. The smallest absolute Gasteiger partial charge is 0.229 e. The van der Waals surface area contributed by atoms with Crippen LogP contribution < -0.4 is 24.4 Å². The number of methoxy groups -OCH3 is 2. The van der Waals surface area contributed by atoms with Crippen molar-refractivity contribution in [3.63, 3.8) is 0 Å². The second kappa shape index (κ2) is 15.5. The molecule has 4 aromatic carbocycles. The Morgan fingerprint density at radius 3 is 2.13 bits per heavy atom. The molecule has 2 aliphatic heterocycles. The topological polar surface area (TPSA) is 292 Å². The maximum absolute atomic E-state index is 13.1. The van der Waals surface area contributed by atoms with E-state index in [0.29, 0.717) is 0 Å². The second-order valence-corrected chi connectivity index (χ2v) is 14.2. The Balaban J connectivity index is 1.32. The van der Waals surface area contributed by atoms with Crippen molar-refractivity contribution >= 4 is 34.1 Å². The molecule has 7 atom stereocenters. The van der Waals surface area contributed by atoms with E-state index in [0.717, 1.165) is 6.07 Å². The highest BCUT2D eigenvalue weighted by molar-refractivity contribution is 6.10. The van der Waals surface area contributed by atoms with Crippen molar-refractivity contribution in [3.8, 4) is 63.1 Å². The molecule has 60 heavy (non-hydrogen) atoms. The number of aromatic hydroxyl groups is 5. The van der Waals surface area contributed by atoms with Crippen molar-refractivity contribution in [1.29, 1.82) is 0 Å². The zero-order valence-electron chi connectivity index (χ0n) is 31.5. The van der Waals surface area contributed by atoms with Gasteiger partial charge in [0, 0.05) is 41.1 Å². The van der Waals surface area contributed by atoms with Gasteiger partial charge in [0.1, 0.15) is 64.7 Å². The lowest BCUT2D eigenvalue weighted by molar-refractivity contribution is -0.277. The number of benzene rings is 4. The van der Waals surface area contributed by atoms with Gasteiger partial charge in [0.25, 0.3) is 0 Å². The quantitative estimate of drug-likeness (QED) is 0.0937. The van der Waals surface area contributed by atoms with Gasteiger partial charge >= 0.3 is 0 Å². The van der Waals surface area contributed by atoms with Crippen molar-refractivity contribution in [3.05, 3.63) is 87.3 Å². The average molecular weight is 831 g/mol. The number of phenols is 5. The fourth-order valence-electron chi connectivity index (χ4n) is 7.39. The predicted molar refractivity (Wildman–Crippen MR) is 208 cm³/mol. The van der Waals surface area contributed by atoms with Gasteiger partial charge < -0.3 is 83.6 Å². The van der Waals surface area contributed by atoms with Crippen LogP contribution in [-0.4, -0.2) is 109 Å². The van der Waals surface area contributed by atoms with Gasteiger partial charge in [-0.3, -0.25) is 4.79 Å². The largest absolute Gasteiger partial charge is 0.507 e. The second-order valence-electron chi connectivity index (χ2n) is 14.2. The van der Waals surface area contributed by atoms with Crippen molar-refractivity contribution in [2.45, 2.75) is 49.3 Å². The molecule has 314 valence electrons. The van der Waals surface area contributed by atoms with Crippen molar-refractivity contribution in [2.75, 3.05) is 20.8 Å². The van der Waals surface area contributed by atoms with Gasteiger partial charge in [-0.25, -0.2) is 0 Å². The summed E-state index contributed by atoms with van der Waals surface area (Å²) in [6.45, 7) is -0.757. The molecule has 0 saturated carbocycles. The molecule has 0 spiro atoms. The number of ether oxygens (including phenoxy) is 5. The maximum atomic E-state index is 13.1. The number of hydrogen-bond donors (Lipinski definition) is 10. The zero-order valence-corrected chi connectivity index (χ0v) is 31.5. The maximum Gasteiger partial charge on any atom is 0.229 e. The van der Waals surface area contributed by atoms with Crippen molar-refractivity contribution in [2.24, 2.45) is 0 Å².